The highest BCUT2D eigenvalue weighted by Gasteiger charge is 2.51. The summed E-state index contributed by atoms with van der Waals surface area (Å²) in [6.07, 6.45) is 7.55. The van der Waals surface area contributed by atoms with Crippen LogP contribution in [0.5, 0.6) is 0 Å². The molecule has 0 aromatic carbocycles. The Morgan fingerprint density at radius 2 is 2.12 bits per heavy atom. The van der Waals surface area contributed by atoms with Crippen LogP contribution in [0.1, 0.15) is 37.8 Å². The number of aromatic nitrogens is 1. The van der Waals surface area contributed by atoms with E-state index < -0.39 is 0 Å². The number of aryl methyl sites for hydroxylation is 1. The molecule has 5 nitrogen and oxygen atoms in total. The van der Waals surface area contributed by atoms with E-state index in [-0.39, 0.29) is 17.9 Å². The highest BCUT2D eigenvalue weighted by atomic mass is 16.2. The minimum Gasteiger partial charge on any atom is -0.368 e. The van der Waals surface area contributed by atoms with Gasteiger partial charge >= 0.3 is 0 Å². The second-order valence-corrected chi connectivity index (χ2v) is 7.93. The van der Waals surface area contributed by atoms with Gasteiger partial charge in [-0.1, -0.05) is 0 Å². The maximum absolute atomic E-state index is 12.7. The molecule has 3 fully saturated rings. The summed E-state index contributed by atoms with van der Waals surface area (Å²) >= 11 is 0. The standard InChI is InChI=1S/C19H28N4O/c1-14-3-4-17(12-20-14)23-10-6-16(13-23)21-18(24)15-5-9-22(2)19(11-15)7-8-19/h3-4,12,15-16H,5-11,13H2,1-2H3,(H,21,24). The average Bonchev–Trinajstić information content (AvgIpc) is 3.20. The molecular weight excluding hydrogens is 300 g/mol. The van der Waals surface area contributed by atoms with Gasteiger partial charge in [-0.05, 0) is 64.8 Å². The zero-order valence-electron chi connectivity index (χ0n) is 14.8. The normalized spacial score (nSPS) is 29.0. The molecular formula is C19H28N4O. The van der Waals surface area contributed by atoms with E-state index >= 15 is 0 Å². The van der Waals surface area contributed by atoms with E-state index in [1.807, 2.05) is 13.1 Å². The number of nitrogens with zero attached hydrogens (tertiary/aromatic N) is 3. The van der Waals surface area contributed by atoms with Crippen LogP contribution in [0.3, 0.4) is 0 Å². The molecule has 1 saturated carbocycles. The Labute approximate surface area is 144 Å². The van der Waals surface area contributed by atoms with Gasteiger partial charge in [-0.3, -0.25) is 9.78 Å². The molecule has 1 amide bonds. The lowest BCUT2D eigenvalue weighted by Crippen LogP contribution is -2.48. The Balaban J connectivity index is 1.31. The summed E-state index contributed by atoms with van der Waals surface area (Å²) in [7, 11) is 2.21. The lowest BCUT2D eigenvalue weighted by atomic mass is 9.88. The summed E-state index contributed by atoms with van der Waals surface area (Å²) in [6, 6.07) is 4.45. The Bertz CT molecular complexity index is 610. The monoisotopic (exact) mass is 328 g/mol. The van der Waals surface area contributed by atoms with Crippen LogP contribution in [0.15, 0.2) is 18.3 Å². The van der Waals surface area contributed by atoms with Gasteiger partial charge < -0.3 is 15.1 Å². The summed E-state index contributed by atoms with van der Waals surface area (Å²) in [6.45, 7) is 4.95. The van der Waals surface area contributed by atoms with E-state index in [0.717, 1.165) is 50.3 Å². The fourth-order valence-corrected chi connectivity index (χ4v) is 4.34. The second kappa shape index (κ2) is 6.03. The number of piperidine rings is 1. The molecule has 5 heteroatoms. The summed E-state index contributed by atoms with van der Waals surface area (Å²) in [5, 5.41) is 3.32. The number of rotatable bonds is 3. The number of carbonyl (C=O) groups excluding carboxylic acids is 1. The Kier molecular flexibility index (Phi) is 3.99. The van der Waals surface area contributed by atoms with Crippen LogP contribution in [-0.4, -0.2) is 54.1 Å². The Hall–Kier alpha value is -1.62. The molecule has 3 aliphatic rings. The van der Waals surface area contributed by atoms with E-state index in [9.17, 15) is 4.79 Å². The molecule has 2 unspecified atom stereocenters. The molecule has 2 saturated heterocycles. The van der Waals surface area contributed by atoms with Crippen LogP contribution in [0.2, 0.25) is 0 Å². The third-order valence-corrected chi connectivity index (χ3v) is 6.24. The Morgan fingerprint density at radius 3 is 2.83 bits per heavy atom. The first-order chi connectivity index (χ1) is 11.6. The van der Waals surface area contributed by atoms with E-state index in [0.29, 0.717) is 5.54 Å². The van der Waals surface area contributed by atoms with E-state index in [4.69, 9.17) is 0 Å². The predicted molar refractivity (Wildman–Crippen MR) is 95.1 cm³/mol. The van der Waals surface area contributed by atoms with Crippen LogP contribution in [0.25, 0.3) is 0 Å². The van der Waals surface area contributed by atoms with Crippen molar-refractivity contribution in [3.8, 4) is 0 Å². The number of hydrogen-bond donors (Lipinski definition) is 1. The van der Waals surface area contributed by atoms with Gasteiger partial charge in [0.1, 0.15) is 0 Å². The molecule has 1 aromatic heterocycles. The third kappa shape index (κ3) is 3.02. The van der Waals surface area contributed by atoms with Crippen molar-refractivity contribution in [1.29, 1.82) is 0 Å². The van der Waals surface area contributed by atoms with Crippen molar-refractivity contribution in [3.63, 3.8) is 0 Å². The smallest absolute Gasteiger partial charge is 0.223 e. The van der Waals surface area contributed by atoms with E-state index in [1.165, 1.54) is 12.8 Å². The first-order valence-corrected chi connectivity index (χ1v) is 9.25. The van der Waals surface area contributed by atoms with Gasteiger partial charge in [-0.25, -0.2) is 0 Å². The minimum atomic E-state index is 0.207. The second-order valence-electron chi connectivity index (χ2n) is 7.93. The third-order valence-electron chi connectivity index (χ3n) is 6.24. The zero-order valence-corrected chi connectivity index (χ0v) is 14.8. The maximum atomic E-state index is 12.7. The number of hydrogen-bond acceptors (Lipinski definition) is 4. The van der Waals surface area contributed by atoms with Crippen molar-refractivity contribution in [2.24, 2.45) is 5.92 Å². The van der Waals surface area contributed by atoms with Gasteiger partial charge in [0.05, 0.1) is 11.9 Å². The fourth-order valence-electron chi connectivity index (χ4n) is 4.34. The summed E-state index contributed by atoms with van der Waals surface area (Å²) in [4.78, 5) is 21.9. The van der Waals surface area contributed by atoms with E-state index in [1.54, 1.807) is 0 Å². The van der Waals surface area contributed by atoms with Crippen LogP contribution >= 0.6 is 0 Å². The zero-order chi connectivity index (χ0) is 16.7. The predicted octanol–water partition coefficient (Wildman–Crippen LogP) is 1.96. The lowest BCUT2D eigenvalue weighted by molar-refractivity contribution is -0.127. The Morgan fingerprint density at radius 1 is 1.29 bits per heavy atom. The first-order valence-electron chi connectivity index (χ1n) is 9.25. The molecule has 2 aliphatic heterocycles. The topological polar surface area (TPSA) is 48.5 Å². The molecule has 2 atom stereocenters. The number of nitrogens with one attached hydrogen (secondary N) is 1. The fraction of sp³-hybridized carbons (Fsp3) is 0.684. The van der Waals surface area contributed by atoms with E-state index in [2.05, 4.69) is 39.3 Å². The van der Waals surface area contributed by atoms with Gasteiger partial charge in [0.2, 0.25) is 5.91 Å². The molecule has 0 bridgehead atoms. The molecule has 1 aromatic rings. The molecule has 130 valence electrons. The van der Waals surface area contributed by atoms with Crippen LogP contribution in [0.4, 0.5) is 5.69 Å². The lowest BCUT2D eigenvalue weighted by Gasteiger charge is -2.37. The van der Waals surface area contributed by atoms with Gasteiger partial charge in [-0.15, -0.1) is 0 Å². The number of likely N-dealkylation sites (tertiary alicyclic amines) is 1. The largest absolute Gasteiger partial charge is 0.368 e. The highest BCUT2D eigenvalue weighted by Crippen LogP contribution is 2.49. The van der Waals surface area contributed by atoms with Gasteiger partial charge in [0.25, 0.3) is 0 Å². The maximum Gasteiger partial charge on any atom is 0.223 e. The summed E-state index contributed by atoms with van der Waals surface area (Å²) in [5.74, 6) is 0.488. The minimum absolute atomic E-state index is 0.207. The quantitative estimate of drug-likeness (QED) is 0.921. The summed E-state index contributed by atoms with van der Waals surface area (Å²) in [5.41, 5.74) is 2.56. The highest BCUT2D eigenvalue weighted by molar-refractivity contribution is 5.79. The number of amides is 1. The van der Waals surface area contributed by atoms with Crippen molar-refractivity contribution in [3.05, 3.63) is 24.0 Å². The molecule has 1 spiro atoms. The summed E-state index contributed by atoms with van der Waals surface area (Å²) < 4.78 is 0. The van der Waals surface area contributed by atoms with Crippen molar-refractivity contribution in [2.75, 3.05) is 31.6 Å². The molecule has 4 rings (SSSR count). The van der Waals surface area contributed by atoms with Gasteiger partial charge in [-0.2, -0.15) is 0 Å². The van der Waals surface area contributed by atoms with Crippen molar-refractivity contribution in [2.45, 2.75) is 50.6 Å². The number of carbonyl (C=O) groups is 1. The molecule has 24 heavy (non-hydrogen) atoms. The molecule has 3 heterocycles. The van der Waals surface area contributed by atoms with Gasteiger partial charge in [0, 0.05) is 36.3 Å². The average molecular weight is 328 g/mol. The SMILES string of the molecule is Cc1ccc(N2CCC(NC(=O)C3CCN(C)C4(CC4)C3)C2)cn1. The van der Waals surface area contributed by atoms with Crippen molar-refractivity contribution < 1.29 is 4.79 Å². The van der Waals surface area contributed by atoms with Crippen molar-refractivity contribution in [1.82, 2.24) is 15.2 Å². The van der Waals surface area contributed by atoms with Gasteiger partial charge in [0.15, 0.2) is 0 Å². The number of anilines is 1. The first kappa shape index (κ1) is 15.9. The van der Waals surface area contributed by atoms with Crippen LogP contribution in [0, 0.1) is 12.8 Å². The van der Waals surface area contributed by atoms with Crippen LogP contribution < -0.4 is 10.2 Å². The molecule has 1 aliphatic carbocycles. The van der Waals surface area contributed by atoms with Crippen LogP contribution in [-0.2, 0) is 4.79 Å². The number of pyridine rings is 1. The van der Waals surface area contributed by atoms with Crippen molar-refractivity contribution >= 4 is 11.6 Å². The molecule has 1 N–H and O–H groups in total. The molecule has 0 radical (unpaired) electrons.